The molecule has 1 aliphatic rings. The molecule has 1 unspecified atom stereocenters. The third-order valence-corrected chi connectivity index (χ3v) is 4.35. The zero-order chi connectivity index (χ0) is 18.1. The molecule has 1 aliphatic carbocycles. The number of rotatable bonds is 4. The second kappa shape index (κ2) is 6.35. The van der Waals surface area contributed by atoms with E-state index in [2.05, 4.69) is 0 Å². The lowest BCUT2D eigenvalue weighted by Gasteiger charge is -2.23. The van der Waals surface area contributed by atoms with Gasteiger partial charge in [-0.2, -0.15) is 0 Å². The maximum atomic E-state index is 12.9. The number of nitrogens with two attached hydrogens (primary N) is 1. The summed E-state index contributed by atoms with van der Waals surface area (Å²) in [6.07, 6.45) is 7.66. The van der Waals surface area contributed by atoms with Crippen LogP contribution in [0.2, 0.25) is 0 Å². The number of non-ortho nitro benzene ring substituents is 1. The number of aromatic nitrogens is 1. The number of amides is 1. The van der Waals surface area contributed by atoms with E-state index in [4.69, 9.17) is 5.73 Å². The van der Waals surface area contributed by atoms with E-state index in [0.717, 1.165) is 5.57 Å². The first-order valence-corrected chi connectivity index (χ1v) is 7.85. The highest BCUT2D eigenvalue weighted by molar-refractivity contribution is 5.90. The number of carbonyl (C=O) groups excluding carboxylic acids is 1. The molecule has 2 atom stereocenters. The number of pyridine rings is 1. The van der Waals surface area contributed by atoms with Crippen molar-refractivity contribution in [1.82, 2.24) is 4.57 Å². The normalized spacial score (nSPS) is 18.0. The Bertz CT molecular complexity index is 987. The zero-order valence-corrected chi connectivity index (χ0v) is 13.6. The first-order valence-electron chi connectivity index (χ1n) is 7.85. The molecule has 0 saturated carbocycles. The molecular weight excluding hydrogens is 322 g/mol. The first-order chi connectivity index (χ1) is 11.9. The second-order valence-electron chi connectivity index (χ2n) is 6.14. The number of carbonyl (C=O) groups is 1. The highest BCUT2D eigenvalue weighted by Gasteiger charge is 2.26. The molecule has 25 heavy (non-hydrogen) atoms. The van der Waals surface area contributed by atoms with Crippen LogP contribution in [0.1, 0.15) is 19.4 Å². The van der Waals surface area contributed by atoms with Crippen LogP contribution in [-0.4, -0.2) is 15.4 Å². The fourth-order valence-corrected chi connectivity index (χ4v) is 3.22. The predicted molar refractivity (Wildman–Crippen MR) is 94.1 cm³/mol. The average Bonchev–Trinajstić information content (AvgIpc) is 2.56. The van der Waals surface area contributed by atoms with E-state index in [1.165, 1.54) is 35.0 Å². The van der Waals surface area contributed by atoms with E-state index in [1.54, 1.807) is 6.08 Å². The molecule has 0 aliphatic heterocycles. The van der Waals surface area contributed by atoms with Gasteiger partial charge in [-0.3, -0.25) is 24.3 Å². The Morgan fingerprint density at radius 1 is 1.36 bits per heavy atom. The fourth-order valence-electron chi connectivity index (χ4n) is 3.22. The van der Waals surface area contributed by atoms with Crippen molar-refractivity contribution in [3.63, 3.8) is 0 Å². The fraction of sp³-hybridized carbons (Fsp3) is 0.222. The van der Waals surface area contributed by atoms with Gasteiger partial charge in [0.05, 0.1) is 15.7 Å². The topological polar surface area (TPSA) is 108 Å². The summed E-state index contributed by atoms with van der Waals surface area (Å²) in [5, 5.41) is 11.6. The predicted octanol–water partition coefficient (Wildman–Crippen LogP) is 2.46. The molecule has 0 radical (unpaired) electrons. The van der Waals surface area contributed by atoms with Crippen LogP contribution in [0, 0.1) is 16.0 Å². The van der Waals surface area contributed by atoms with E-state index in [9.17, 15) is 19.7 Å². The van der Waals surface area contributed by atoms with Gasteiger partial charge in [-0.1, -0.05) is 31.2 Å². The summed E-state index contributed by atoms with van der Waals surface area (Å²) >= 11 is 0. The van der Waals surface area contributed by atoms with Crippen LogP contribution in [0.4, 0.5) is 5.69 Å². The maximum Gasteiger partial charge on any atom is 0.277 e. The molecule has 0 spiro atoms. The Labute approximate surface area is 143 Å². The Morgan fingerprint density at radius 3 is 2.76 bits per heavy atom. The Kier molecular flexibility index (Phi) is 4.22. The van der Waals surface area contributed by atoms with E-state index in [-0.39, 0.29) is 22.4 Å². The Balaban J connectivity index is 2.20. The van der Waals surface area contributed by atoms with Gasteiger partial charge in [0, 0.05) is 12.3 Å². The van der Waals surface area contributed by atoms with Crippen molar-refractivity contribution in [3.8, 4) is 0 Å². The Hall–Kier alpha value is -3.22. The smallest absolute Gasteiger partial charge is 0.277 e. The van der Waals surface area contributed by atoms with E-state index >= 15 is 0 Å². The number of nitro groups is 1. The molecule has 1 heterocycles. The zero-order valence-electron chi connectivity index (χ0n) is 13.6. The molecule has 1 aromatic carbocycles. The first kappa shape index (κ1) is 16.6. The summed E-state index contributed by atoms with van der Waals surface area (Å²) in [7, 11) is 0. The highest BCUT2D eigenvalue weighted by atomic mass is 16.6. The van der Waals surface area contributed by atoms with Crippen molar-refractivity contribution >= 4 is 22.4 Å². The molecule has 2 aromatic rings. The summed E-state index contributed by atoms with van der Waals surface area (Å²) in [6, 6.07) is 4.87. The molecule has 1 aromatic heterocycles. The van der Waals surface area contributed by atoms with Gasteiger partial charge in [0.15, 0.2) is 0 Å². The van der Waals surface area contributed by atoms with E-state index < -0.39 is 22.4 Å². The van der Waals surface area contributed by atoms with Gasteiger partial charge in [0.1, 0.15) is 6.04 Å². The van der Waals surface area contributed by atoms with Gasteiger partial charge in [0.2, 0.25) is 5.91 Å². The lowest BCUT2D eigenvalue weighted by atomic mass is 9.90. The molecule has 7 nitrogen and oxygen atoms in total. The van der Waals surface area contributed by atoms with Gasteiger partial charge in [-0.15, -0.1) is 0 Å². The van der Waals surface area contributed by atoms with Crippen molar-refractivity contribution in [2.45, 2.75) is 19.4 Å². The number of benzene rings is 1. The standard InChI is InChI=1S/C18H17N3O4/c1-11-4-2-5-12(10-11)16(17(19)22)20-9-8-13-14(18(20)23)6-3-7-15(13)21(24)25/h2-9,11,16H,10H2,1H3,(H2,19,22)/t11?,16-/m1/s1. The minimum Gasteiger partial charge on any atom is -0.368 e. The minimum atomic E-state index is -0.913. The molecule has 0 bridgehead atoms. The molecule has 0 saturated heterocycles. The van der Waals surface area contributed by atoms with Crippen LogP contribution >= 0.6 is 0 Å². The Morgan fingerprint density at radius 2 is 2.12 bits per heavy atom. The summed E-state index contributed by atoms with van der Waals surface area (Å²) in [6.45, 7) is 2.01. The van der Waals surface area contributed by atoms with Crippen LogP contribution in [0.5, 0.6) is 0 Å². The van der Waals surface area contributed by atoms with Crippen molar-refractivity contribution in [2.24, 2.45) is 11.7 Å². The minimum absolute atomic E-state index is 0.147. The van der Waals surface area contributed by atoms with Crippen molar-refractivity contribution < 1.29 is 9.72 Å². The summed E-state index contributed by atoms with van der Waals surface area (Å²) in [5.41, 5.74) is 5.68. The lowest BCUT2D eigenvalue weighted by molar-refractivity contribution is -0.383. The van der Waals surface area contributed by atoms with E-state index in [0.29, 0.717) is 6.42 Å². The summed E-state index contributed by atoms with van der Waals surface area (Å²) in [5.74, 6) is -0.403. The summed E-state index contributed by atoms with van der Waals surface area (Å²) in [4.78, 5) is 35.5. The molecule has 7 heteroatoms. The largest absolute Gasteiger partial charge is 0.368 e. The number of fused-ring (bicyclic) bond motifs is 1. The third kappa shape index (κ3) is 2.96. The average molecular weight is 339 g/mol. The number of primary amides is 1. The molecule has 2 N–H and O–H groups in total. The lowest BCUT2D eigenvalue weighted by Crippen LogP contribution is -2.35. The number of allylic oxidation sites excluding steroid dienone is 3. The van der Waals surface area contributed by atoms with Gasteiger partial charge in [-0.25, -0.2) is 0 Å². The van der Waals surface area contributed by atoms with Crippen molar-refractivity contribution in [3.05, 3.63) is 74.7 Å². The van der Waals surface area contributed by atoms with Crippen LogP contribution in [0.15, 0.2) is 59.1 Å². The number of hydrogen-bond acceptors (Lipinski definition) is 4. The van der Waals surface area contributed by atoms with Crippen LogP contribution in [0.3, 0.4) is 0 Å². The highest BCUT2D eigenvalue weighted by Crippen LogP contribution is 2.29. The van der Waals surface area contributed by atoms with Gasteiger partial charge in [-0.05, 0) is 30.0 Å². The van der Waals surface area contributed by atoms with Crippen LogP contribution in [0.25, 0.3) is 10.8 Å². The van der Waals surface area contributed by atoms with Crippen molar-refractivity contribution in [2.75, 3.05) is 0 Å². The van der Waals surface area contributed by atoms with Crippen molar-refractivity contribution in [1.29, 1.82) is 0 Å². The molecule has 128 valence electrons. The second-order valence-corrected chi connectivity index (χ2v) is 6.14. The molecule has 0 fully saturated rings. The van der Waals surface area contributed by atoms with Gasteiger partial charge < -0.3 is 5.73 Å². The van der Waals surface area contributed by atoms with Gasteiger partial charge >= 0.3 is 0 Å². The van der Waals surface area contributed by atoms with Crippen LogP contribution < -0.4 is 11.3 Å². The number of nitro benzene ring substituents is 1. The molecule has 3 rings (SSSR count). The number of nitrogens with zero attached hydrogens (tertiary/aromatic N) is 2. The quantitative estimate of drug-likeness (QED) is 0.681. The monoisotopic (exact) mass is 339 g/mol. The van der Waals surface area contributed by atoms with Gasteiger partial charge in [0.25, 0.3) is 11.2 Å². The molecular formula is C18H17N3O4. The van der Waals surface area contributed by atoms with E-state index in [1.807, 2.05) is 19.1 Å². The number of hydrogen-bond donors (Lipinski definition) is 1. The summed E-state index contributed by atoms with van der Waals surface area (Å²) < 4.78 is 1.26. The van der Waals surface area contributed by atoms with Crippen LogP contribution in [-0.2, 0) is 4.79 Å². The molecule has 1 amide bonds. The third-order valence-electron chi connectivity index (χ3n) is 4.35. The SMILES string of the molecule is CC1C=CC=C([C@H](C(N)=O)n2ccc3c([N+](=O)[O-])cccc3c2=O)C1. The maximum absolute atomic E-state index is 12.9.